The molecule has 0 bridgehead atoms. The molecule has 0 spiro atoms. The Labute approximate surface area is 125 Å². The van der Waals surface area contributed by atoms with Gasteiger partial charge in [0.15, 0.2) is 0 Å². The van der Waals surface area contributed by atoms with E-state index in [2.05, 4.69) is 55.5 Å². The molecule has 1 nitrogen and oxygen atoms in total. The van der Waals surface area contributed by atoms with Crippen molar-refractivity contribution >= 4 is 11.8 Å². The van der Waals surface area contributed by atoms with Crippen molar-refractivity contribution in [3.8, 4) is 0 Å². The highest BCUT2D eigenvalue weighted by molar-refractivity contribution is 7.99. The highest BCUT2D eigenvalue weighted by atomic mass is 32.2. The molecule has 0 aliphatic carbocycles. The maximum absolute atomic E-state index is 10.7. The first-order valence-electron chi connectivity index (χ1n) is 7.28. The molecule has 0 amide bonds. The Kier molecular flexibility index (Phi) is 4.13. The van der Waals surface area contributed by atoms with Crippen molar-refractivity contribution in [3.63, 3.8) is 0 Å². The van der Waals surface area contributed by atoms with Gasteiger partial charge in [-0.2, -0.15) is 0 Å². The summed E-state index contributed by atoms with van der Waals surface area (Å²) in [5.41, 5.74) is 3.67. The van der Waals surface area contributed by atoms with Gasteiger partial charge in [0.25, 0.3) is 0 Å². The molecule has 1 aliphatic heterocycles. The number of rotatable bonds is 4. The molecule has 2 heteroatoms. The van der Waals surface area contributed by atoms with Crippen LogP contribution in [-0.4, -0.2) is 10.9 Å². The summed E-state index contributed by atoms with van der Waals surface area (Å²) in [5.74, 6) is 1.19. The van der Waals surface area contributed by atoms with Gasteiger partial charge in [0, 0.05) is 16.6 Å². The lowest BCUT2D eigenvalue weighted by Crippen LogP contribution is -2.10. The Bertz CT molecular complexity index is 593. The van der Waals surface area contributed by atoms with Gasteiger partial charge in [0.05, 0.1) is 6.10 Å². The molecule has 104 valence electrons. The molecule has 1 N–H and O–H groups in total. The second kappa shape index (κ2) is 6.02. The minimum atomic E-state index is -0.400. The van der Waals surface area contributed by atoms with Crippen LogP contribution in [0, 0.1) is 0 Å². The molecule has 3 rings (SSSR count). The SMILES string of the molecule is CCCc1cccc(C(O)C2CSc3ccccc32)c1. The van der Waals surface area contributed by atoms with Gasteiger partial charge in [-0.15, -0.1) is 11.8 Å². The Morgan fingerprint density at radius 2 is 2.05 bits per heavy atom. The zero-order valence-electron chi connectivity index (χ0n) is 11.8. The van der Waals surface area contributed by atoms with Crippen molar-refractivity contribution < 1.29 is 5.11 Å². The van der Waals surface area contributed by atoms with Crippen LogP contribution < -0.4 is 0 Å². The summed E-state index contributed by atoms with van der Waals surface area (Å²) in [6.07, 6.45) is 1.82. The average Bonchev–Trinajstić information content (AvgIpc) is 2.91. The van der Waals surface area contributed by atoms with E-state index in [0.717, 1.165) is 24.2 Å². The fourth-order valence-electron chi connectivity index (χ4n) is 2.90. The minimum absolute atomic E-state index is 0.216. The molecule has 0 radical (unpaired) electrons. The zero-order chi connectivity index (χ0) is 13.9. The molecular formula is C18H20OS. The maximum atomic E-state index is 10.7. The van der Waals surface area contributed by atoms with Gasteiger partial charge in [-0.25, -0.2) is 0 Å². The molecule has 0 aromatic heterocycles. The average molecular weight is 284 g/mol. The van der Waals surface area contributed by atoms with Crippen LogP contribution in [0.25, 0.3) is 0 Å². The topological polar surface area (TPSA) is 20.2 Å². The van der Waals surface area contributed by atoms with Crippen LogP contribution in [0.5, 0.6) is 0 Å². The summed E-state index contributed by atoms with van der Waals surface area (Å²) in [6, 6.07) is 16.9. The first-order chi connectivity index (χ1) is 9.79. The molecule has 1 aliphatic rings. The molecule has 2 unspecified atom stereocenters. The van der Waals surface area contributed by atoms with Gasteiger partial charge < -0.3 is 5.11 Å². The smallest absolute Gasteiger partial charge is 0.0867 e. The van der Waals surface area contributed by atoms with E-state index in [1.165, 1.54) is 16.0 Å². The van der Waals surface area contributed by atoms with Gasteiger partial charge >= 0.3 is 0 Å². The van der Waals surface area contributed by atoms with Gasteiger partial charge in [-0.05, 0) is 29.2 Å². The van der Waals surface area contributed by atoms with Crippen molar-refractivity contribution in [2.24, 2.45) is 0 Å². The van der Waals surface area contributed by atoms with E-state index in [-0.39, 0.29) is 5.92 Å². The highest BCUT2D eigenvalue weighted by Gasteiger charge is 2.29. The van der Waals surface area contributed by atoms with Crippen LogP contribution in [0.3, 0.4) is 0 Å². The molecule has 0 saturated heterocycles. The third kappa shape index (κ3) is 2.63. The molecule has 1 heterocycles. The lowest BCUT2D eigenvalue weighted by atomic mass is 9.90. The highest BCUT2D eigenvalue weighted by Crippen LogP contribution is 2.45. The third-order valence-corrected chi connectivity index (χ3v) is 5.16. The van der Waals surface area contributed by atoms with Crippen molar-refractivity contribution in [2.75, 3.05) is 5.75 Å². The number of aliphatic hydroxyl groups is 1. The van der Waals surface area contributed by atoms with Crippen molar-refractivity contribution in [1.82, 2.24) is 0 Å². The number of fused-ring (bicyclic) bond motifs is 1. The van der Waals surface area contributed by atoms with Crippen LogP contribution in [0.4, 0.5) is 0 Å². The summed E-state index contributed by atoms with van der Waals surface area (Å²) in [4.78, 5) is 1.32. The summed E-state index contributed by atoms with van der Waals surface area (Å²) < 4.78 is 0. The number of aliphatic hydroxyl groups excluding tert-OH is 1. The second-order valence-corrected chi connectivity index (χ2v) is 6.46. The van der Waals surface area contributed by atoms with Gasteiger partial charge in [0.2, 0.25) is 0 Å². The van der Waals surface area contributed by atoms with E-state index in [9.17, 15) is 5.11 Å². The van der Waals surface area contributed by atoms with Gasteiger partial charge in [0.1, 0.15) is 0 Å². The minimum Gasteiger partial charge on any atom is -0.388 e. The summed E-state index contributed by atoms with van der Waals surface area (Å²) in [6.45, 7) is 2.19. The first kappa shape index (κ1) is 13.7. The Morgan fingerprint density at radius 1 is 1.20 bits per heavy atom. The van der Waals surface area contributed by atoms with Crippen LogP contribution in [-0.2, 0) is 6.42 Å². The largest absolute Gasteiger partial charge is 0.388 e. The number of aryl methyl sites for hydroxylation is 1. The monoisotopic (exact) mass is 284 g/mol. The molecular weight excluding hydrogens is 264 g/mol. The lowest BCUT2D eigenvalue weighted by molar-refractivity contribution is 0.153. The molecule has 2 aromatic carbocycles. The predicted molar refractivity (Wildman–Crippen MR) is 85.3 cm³/mol. The molecule has 0 fully saturated rings. The molecule has 20 heavy (non-hydrogen) atoms. The van der Waals surface area contributed by atoms with Crippen molar-refractivity contribution in [1.29, 1.82) is 0 Å². The van der Waals surface area contributed by atoms with E-state index in [0.29, 0.717) is 0 Å². The second-order valence-electron chi connectivity index (χ2n) is 5.40. The number of hydrogen-bond acceptors (Lipinski definition) is 2. The van der Waals surface area contributed by atoms with E-state index >= 15 is 0 Å². The summed E-state index contributed by atoms with van der Waals surface area (Å²) in [7, 11) is 0. The van der Waals surface area contributed by atoms with E-state index in [1.807, 2.05) is 11.8 Å². The van der Waals surface area contributed by atoms with Gasteiger partial charge in [-0.1, -0.05) is 55.8 Å². The quantitative estimate of drug-likeness (QED) is 0.888. The van der Waals surface area contributed by atoms with Crippen LogP contribution in [0.15, 0.2) is 53.4 Å². The number of hydrogen-bond donors (Lipinski definition) is 1. The fourth-order valence-corrected chi connectivity index (χ4v) is 4.18. The van der Waals surface area contributed by atoms with E-state index in [1.54, 1.807) is 0 Å². The number of thioether (sulfide) groups is 1. The normalized spacial score (nSPS) is 18.8. The fraction of sp³-hybridized carbons (Fsp3) is 0.333. The molecule has 2 atom stereocenters. The standard InChI is InChI=1S/C18H20OS/c1-2-6-13-7-5-8-14(11-13)18(19)16-12-20-17-10-4-3-9-15(16)17/h3-5,7-11,16,18-19H,2,6,12H2,1H3. The third-order valence-electron chi connectivity index (χ3n) is 3.95. The van der Waals surface area contributed by atoms with Crippen molar-refractivity contribution in [3.05, 3.63) is 65.2 Å². The van der Waals surface area contributed by atoms with E-state index in [4.69, 9.17) is 0 Å². The summed E-state index contributed by atoms with van der Waals surface area (Å²) >= 11 is 1.85. The lowest BCUT2D eigenvalue weighted by Gasteiger charge is -2.19. The van der Waals surface area contributed by atoms with E-state index < -0.39 is 6.10 Å². The maximum Gasteiger partial charge on any atom is 0.0867 e. The molecule has 0 saturated carbocycles. The van der Waals surface area contributed by atoms with Crippen LogP contribution in [0.1, 0.15) is 42.1 Å². The molecule has 2 aromatic rings. The zero-order valence-corrected chi connectivity index (χ0v) is 12.6. The number of benzene rings is 2. The first-order valence-corrected chi connectivity index (χ1v) is 8.26. The van der Waals surface area contributed by atoms with Crippen LogP contribution in [0.2, 0.25) is 0 Å². The van der Waals surface area contributed by atoms with Crippen molar-refractivity contribution in [2.45, 2.75) is 36.7 Å². The Morgan fingerprint density at radius 3 is 2.90 bits per heavy atom. The van der Waals surface area contributed by atoms with Gasteiger partial charge in [-0.3, -0.25) is 0 Å². The Hall–Kier alpha value is -1.25. The predicted octanol–water partition coefficient (Wildman–Crippen LogP) is 4.56. The van der Waals surface area contributed by atoms with Crippen LogP contribution >= 0.6 is 11.8 Å². The Balaban J connectivity index is 1.86. The summed E-state index contributed by atoms with van der Waals surface area (Å²) in [5, 5.41) is 10.7.